The number of halogens is 3. The molecule has 3 heterocycles. The molecule has 9 heteroatoms. The number of benzene rings is 1. The minimum Gasteiger partial charge on any atom is -0.327 e. The van der Waals surface area contributed by atoms with Crippen molar-refractivity contribution < 1.29 is 13.6 Å². The average Bonchev–Trinajstić information content (AvgIpc) is 3.06. The second-order valence-corrected chi connectivity index (χ2v) is 6.68. The summed E-state index contributed by atoms with van der Waals surface area (Å²) in [6, 6.07) is 5.14. The first-order valence-electron chi connectivity index (χ1n) is 8.23. The lowest BCUT2D eigenvalue weighted by Crippen LogP contribution is -2.46. The fourth-order valence-electron chi connectivity index (χ4n) is 3.10. The highest BCUT2D eigenvalue weighted by Crippen LogP contribution is 2.24. The molecule has 1 aliphatic heterocycles. The number of amides is 1. The van der Waals surface area contributed by atoms with Crippen molar-refractivity contribution in [2.45, 2.75) is 26.1 Å². The zero-order chi connectivity index (χ0) is 19.1. The van der Waals surface area contributed by atoms with Crippen molar-refractivity contribution >= 4 is 17.5 Å². The van der Waals surface area contributed by atoms with Gasteiger partial charge < -0.3 is 9.47 Å². The normalized spacial score (nSPS) is 16.5. The van der Waals surface area contributed by atoms with Gasteiger partial charge in [0.05, 0.1) is 5.69 Å². The van der Waals surface area contributed by atoms with Crippen LogP contribution in [-0.4, -0.2) is 36.4 Å². The molecule has 27 heavy (non-hydrogen) atoms. The number of hydrogen-bond donors (Lipinski definition) is 0. The van der Waals surface area contributed by atoms with Crippen LogP contribution in [0.15, 0.2) is 36.7 Å². The molecule has 0 aliphatic carbocycles. The van der Waals surface area contributed by atoms with Crippen molar-refractivity contribution in [3.63, 3.8) is 0 Å². The standard InChI is InChI=1S/C18H14ClF2N5O/c1-10-7-25-9-15(14-4-5-22-18(19)24-14)23-16(25)17(27)26(10)8-11-2-3-12(20)13(21)6-11/h2-6,9-10H,7-8H2,1H3. The molecule has 1 amide bonds. The summed E-state index contributed by atoms with van der Waals surface area (Å²) in [5.41, 5.74) is 1.55. The van der Waals surface area contributed by atoms with Crippen LogP contribution in [0.5, 0.6) is 0 Å². The van der Waals surface area contributed by atoms with Gasteiger partial charge in [-0.15, -0.1) is 0 Å². The van der Waals surface area contributed by atoms with Crippen LogP contribution in [0.1, 0.15) is 23.1 Å². The van der Waals surface area contributed by atoms with Gasteiger partial charge in [0.15, 0.2) is 17.5 Å². The first-order valence-corrected chi connectivity index (χ1v) is 8.61. The van der Waals surface area contributed by atoms with E-state index in [4.69, 9.17) is 11.6 Å². The van der Waals surface area contributed by atoms with Gasteiger partial charge >= 0.3 is 0 Å². The first-order chi connectivity index (χ1) is 12.9. The molecular weight excluding hydrogens is 376 g/mol. The van der Waals surface area contributed by atoms with Crippen molar-refractivity contribution in [3.8, 4) is 11.4 Å². The van der Waals surface area contributed by atoms with E-state index in [-0.39, 0.29) is 29.6 Å². The summed E-state index contributed by atoms with van der Waals surface area (Å²) in [6.45, 7) is 2.58. The second kappa shape index (κ2) is 6.70. The van der Waals surface area contributed by atoms with E-state index in [9.17, 15) is 13.6 Å². The van der Waals surface area contributed by atoms with Crippen LogP contribution >= 0.6 is 11.6 Å². The number of carbonyl (C=O) groups excluding carboxylic acids is 1. The minimum atomic E-state index is -0.936. The molecule has 2 aromatic heterocycles. The Morgan fingerprint density at radius 3 is 2.74 bits per heavy atom. The third-order valence-electron chi connectivity index (χ3n) is 4.45. The van der Waals surface area contributed by atoms with E-state index in [0.717, 1.165) is 12.1 Å². The molecule has 0 N–H and O–H groups in total. The molecule has 1 unspecified atom stereocenters. The van der Waals surface area contributed by atoms with Gasteiger partial charge in [-0.3, -0.25) is 4.79 Å². The molecule has 4 rings (SSSR count). The summed E-state index contributed by atoms with van der Waals surface area (Å²) in [4.78, 5) is 26.8. The van der Waals surface area contributed by atoms with Crippen LogP contribution in [0.4, 0.5) is 8.78 Å². The number of carbonyl (C=O) groups is 1. The van der Waals surface area contributed by atoms with Gasteiger partial charge in [0.1, 0.15) is 5.69 Å². The topological polar surface area (TPSA) is 63.9 Å². The number of fused-ring (bicyclic) bond motifs is 1. The molecule has 6 nitrogen and oxygen atoms in total. The third-order valence-corrected chi connectivity index (χ3v) is 4.63. The largest absolute Gasteiger partial charge is 0.327 e. The van der Waals surface area contributed by atoms with E-state index in [1.165, 1.54) is 12.3 Å². The Morgan fingerprint density at radius 1 is 1.19 bits per heavy atom. The van der Waals surface area contributed by atoms with E-state index >= 15 is 0 Å². The lowest BCUT2D eigenvalue weighted by Gasteiger charge is -2.33. The molecule has 0 spiro atoms. The smallest absolute Gasteiger partial charge is 0.290 e. The average molecular weight is 390 g/mol. The Kier molecular flexibility index (Phi) is 4.35. The molecule has 1 aromatic carbocycles. The maximum Gasteiger partial charge on any atom is 0.290 e. The lowest BCUT2D eigenvalue weighted by atomic mass is 10.1. The maximum absolute atomic E-state index is 13.5. The number of rotatable bonds is 3. The molecular formula is C18H14ClF2N5O. The Balaban J connectivity index is 1.64. The maximum atomic E-state index is 13.5. The van der Waals surface area contributed by atoms with E-state index in [1.807, 2.05) is 6.92 Å². The van der Waals surface area contributed by atoms with Crippen molar-refractivity contribution in [1.82, 2.24) is 24.4 Å². The fraction of sp³-hybridized carbons (Fsp3) is 0.222. The van der Waals surface area contributed by atoms with E-state index in [1.54, 1.807) is 21.7 Å². The van der Waals surface area contributed by atoms with Crippen molar-refractivity contribution in [2.75, 3.05) is 0 Å². The van der Waals surface area contributed by atoms with Crippen LogP contribution in [0.25, 0.3) is 11.4 Å². The zero-order valence-corrected chi connectivity index (χ0v) is 15.0. The van der Waals surface area contributed by atoms with Crippen LogP contribution in [0.3, 0.4) is 0 Å². The SMILES string of the molecule is CC1Cn2cc(-c3ccnc(Cl)n3)nc2C(=O)N1Cc1ccc(F)c(F)c1. The van der Waals surface area contributed by atoms with Gasteiger partial charge in [0, 0.05) is 31.5 Å². The Labute approximate surface area is 158 Å². The highest BCUT2D eigenvalue weighted by atomic mass is 35.5. The molecule has 0 saturated carbocycles. The van der Waals surface area contributed by atoms with Crippen LogP contribution < -0.4 is 0 Å². The van der Waals surface area contributed by atoms with E-state index < -0.39 is 11.6 Å². The van der Waals surface area contributed by atoms with Crippen molar-refractivity contribution in [1.29, 1.82) is 0 Å². The first kappa shape index (κ1) is 17.5. The molecule has 3 aromatic rings. The predicted octanol–water partition coefficient (Wildman–Crippen LogP) is 3.32. The second-order valence-electron chi connectivity index (χ2n) is 6.34. The number of nitrogens with zero attached hydrogens (tertiary/aromatic N) is 5. The summed E-state index contributed by atoms with van der Waals surface area (Å²) >= 11 is 5.82. The quantitative estimate of drug-likeness (QED) is 0.645. The van der Waals surface area contributed by atoms with Crippen molar-refractivity contribution in [2.24, 2.45) is 0 Å². The molecule has 1 aliphatic rings. The highest BCUT2D eigenvalue weighted by molar-refractivity contribution is 6.28. The lowest BCUT2D eigenvalue weighted by molar-refractivity contribution is 0.0587. The van der Waals surface area contributed by atoms with Gasteiger partial charge in [-0.2, -0.15) is 0 Å². The van der Waals surface area contributed by atoms with Gasteiger partial charge in [-0.05, 0) is 42.3 Å². The fourth-order valence-corrected chi connectivity index (χ4v) is 3.25. The molecule has 0 bridgehead atoms. The monoisotopic (exact) mass is 389 g/mol. The third kappa shape index (κ3) is 3.28. The molecule has 0 radical (unpaired) electrons. The summed E-state index contributed by atoms with van der Waals surface area (Å²) in [5, 5.41) is 0.0955. The van der Waals surface area contributed by atoms with Gasteiger partial charge in [0.25, 0.3) is 5.91 Å². The summed E-state index contributed by atoms with van der Waals surface area (Å²) < 4.78 is 28.4. The van der Waals surface area contributed by atoms with Gasteiger partial charge in [0.2, 0.25) is 5.28 Å². The van der Waals surface area contributed by atoms with Crippen LogP contribution in [-0.2, 0) is 13.1 Å². The molecule has 138 valence electrons. The summed E-state index contributed by atoms with van der Waals surface area (Å²) in [6.07, 6.45) is 3.26. The Bertz CT molecular complexity index is 1040. The summed E-state index contributed by atoms with van der Waals surface area (Å²) in [7, 11) is 0. The molecule has 1 atom stereocenters. The minimum absolute atomic E-state index is 0.0955. The molecule has 0 fully saturated rings. The Morgan fingerprint density at radius 2 is 2.00 bits per heavy atom. The van der Waals surface area contributed by atoms with Crippen LogP contribution in [0, 0.1) is 11.6 Å². The van der Waals surface area contributed by atoms with Gasteiger partial charge in [-0.1, -0.05) is 6.07 Å². The van der Waals surface area contributed by atoms with E-state index in [0.29, 0.717) is 23.5 Å². The number of imidazole rings is 1. The van der Waals surface area contributed by atoms with Crippen molar-refractivity contribution in [3.05, 3.63) is 65.0 Å². The Hall–Kier alpha value is -2.87. The zero-order valence-electron chi connectivity index (χ0n) is 14.2. The predicted molar refractivity (Wildman–Crippen MR) is 94.0 cm³/mol. The number of aromatic nitrogens is 4. The highest BCUT2D eigenvalue weighted by Gasteiger charge is 2.32. The molecule has 0 saturated heterocycles. The van der Waals surface area contributed by atoms with Crippen LogP contribution in [0.2, 0.25) is 5.28 Å². The number of hydrogen-bond acceptors (Lipinski definition) is 4. The van der Waals surface area contributed by atoms with E-state index in [2.05, 4.69) is 15.0 Å². The van der Waals surface area contributed by atoms with Gasteiger partial charge in [-0.25, -0.2) is 23.7 Å². The summed E-state index contributed by atoms with van der Waals surface area (Å²) in [5.74, 6) is -1.88.